The lowest BCUT2D eigenvalue weighted by molar-refractivity contribution is -0.140. The van der Waals surface area contributed by atoms with Gasteiger partial charge in [-0.2, -0.15) is 9.82 Å². The summed E-state index contributed by atoms with van der Waals surface area (Å²) in [6.45, 7) is 5.88. The first-order chi connectivity index (χ1) is 8.81. The van der Waals surface area contributed by atoms with E-state index in [1.165, 1.54) is 17.1 Å². The van der Waals surface area contributed by atoms with Crippen LogP contribution in [0.2, 0.25) is 0 Å². The van der Waals surface area contributed by atoms with Gasteiger partial charge in [-0.05, 0) is 12.8 Å². The molecule has 8 heteroatoms. The van der Waals surface area contributed by atoms with Crippen LogP contribution in [0.15, 0.2) is 17.3 Å². The smallest absolute Gasteiger partial charge is 0.322 e. The molecule has 0 aliphatic rings. The minimum absolute atomic E-state index is 0.0242. The van der Waals surface area contributed by atoms with Crippen molar-refractivity contribution in [1.82, 2.24) is 14.5 Å². The molecule has 0 amide bonds. The molecule has 1 heterocycles. The molecule has 2 atom stereocenters. The minimum Gasteiger partial charge on any atom is -0.480 e. The van der Waals surface area contributed by atoms with Crippen molar-refractivity contribution >= 4 is 16.0 Å². The Morgan fingerprint density at radius 3 is 2.58 bits per heavy atom. The van der Waals surface area contributed by atoms with Crippen molar-refractivity contribution in [2.45, 2.75) is 44.7 Å². The van der Waals surface area contributed by atoms with Crippen LogP contribution in [0.3, 0.4) is 0 Å². The number of rotatable bonds is 7. The summed E-state index contributed by atoms with van der Waals surface area (Å²) in [4.78, 5) is 11.1. The predicted molar refractivity (Wildman–Crippen MR) is 69.1 cm³/mol. The molecule has 0 aliphatic heterocycles. The van der Waals surface area contributed by atoms with E-state index in [0.29, 0.717) is 13.0 Å². The predicted octanol–water partition coefficient (Wildman–Crippen LogP) is 0.681. The zero-order valence-corrected chi connectivity index (χ0v) is 12.0. The molecule has 0 unspecified atom stereocenters. The lowest BCUT2D eigenvalue weighted by Crippen LogP contribution is -2.44. The van der Waals surface area contributed by atoms with Gasteiger partial charge in [-0.1, -0.05) is 20.3 Å². The number of aromatic nitrogens is 2. The summed E-state index contributed by atoms with van der Waals surface area (Å²) in [5.74, 6) is -1.48. The van der Waals surface area contributed by atoms with Gasteiger partial charge in [-0.3, -0.25) is 9.48 Å². The molecule has 0 spiro atoms. The fourth-order valence-electron chi connectivity index (χ4n) is 1.54. The van der Waals surface area contributed by atoms with Crippen molar-refractivity contribution in [2.75, 3.05) is 0 Å². The van der Waals surface area contributed by atoms with Crippen LogP contribution < -0.4 is 4.72 Å². The molecule has 0 aliphatic carbocycles. The number of aryl methyl sites for hydroxylation is 1. The maximum atomic E-state index is 12.1. The second-order valence-corrected chi connectivity index (χ2v) is 6.07. The zero-order valence-electron chi connectivity index (χ0n) is 11.2. The second-order valence-electron chi connectivity index (χ2n) is 4.35. The topological polar surface area (TPSA) is 101 Å². The minimum atomic E-state index is -3.86. The van der Waals surface area contributed by atoms with E-state index in [1.807, 2.05) is 13.8 Å². The molecule has 2 N–H and O–H groups in total. The summed E-state index contributed by atoms with van der Waals surface area (Å²) in [5.41, 5.74) is 0. The van der Waals surface area contributed by atoms with Crippen molar-refractivity contribution in [3.05, 3.63) is 12.4 Å². The first kappa shape index (κ1) is 15.6. The molecule has 7 nitrogen and oxygen atoms in total. The van der Waals surface area contributed by atoms with E-state index in [2.05, 4.69) is 9.82 Å². The first-order valence-electron chi connectivity index (χ1n) is 6.09. The van der Waals surface area contributed by atoms with Crippen molar-refractivity contribution < 1.29 is 18.3 Å². The summed E-state index contributed by atoms with van der Waals surface area (Å²) in [6.07, 6.45) is 3.15. The van der Waals surface area contributed by atoms with Crippen molar-refractivity contribution in [1.29, 1.82) is 0 Å². The Morgan fingerprint density at radius 2 is 2.16 bits per heavy atom. The maximum absolute atomic E-state index is 12.1. The highest BCUT2D eigenvalue weighted by molar-refractivity contribution is 7.89. The van der Waals surface area contributed by atoms with Gasteiger partial charge in [0, 0.05) is 12.7 Å². The summed E-state index contributed by atoms with van der Waals surface area (Å²) in [5, 5.41) is 13.0. The number of hydrogen-bond acceptors (Lipinski definition) is 4. The number of carbonyl (C=O) groups is 1. The van der Waals surface area contributed by atoms with Crippen molar-refractivity contribution in [3.8, 4) is 0 Å². The van der Waals surface area contributed by atoms with Crippen LogP contribution in [0.5, 0.6) is 0 Å². The molecule has 1 aromatic rings. The normalized spacial score (nSPS) is 15.1. The molecule has 0 radical (unpaired) electrons. The van der Waals surface area contributed by atoms with Crippen LogP contribution in [0.4, 0.5) is 0 Å². The van der Waals surface area contributed by atoms with Gasteiger partial charge in [0.15, 0.2) is 0 Å². The van der Waals surface area contributed by atoms with Crippen LogP contribution >= 0.6 is 0 Å². The zero-order chi connectivity index (χ0) is 14.6. The molecule has 108 valence electrons. The monoisotopic (exact) mass is 289 g/mol. The van der Waals surface area contributed by atoms with Gasteiger partial charge in [-0.25, -0.2) is 8.42 Å². The SMILES string of the molecule is CC[C@H](C)[C@H](NS(=O)(=O)c1cnn(CC)c1)C(=O)O. The average molecular weight is 289 g/mol. The Kier molecular flexibility index (Phi) is 5.07. The fourth-order valence-corrected chi connectivity index (χ4v) is 2.79. The lowest BCUT2D eigenvalue weighted by Gasteiger charge is -2.19. The fraction of sp³-hybridized carbons (Fsp3) is 0.636. The lowest BCUT2D eigenvalue weighted by atomic mass is 10.0. The van der Waals surface area contributed by atoms with E-state index >= 15 is 0 Å². The van der Waals surface area contributed by atoms with E-state index in [-0.39, 0.29) is 10.8 Å². The third-order valence-electron chi connectivity index (χ3n) is 3.01. The molecule has 19 heavy (non-hydrogen) atoms. The van der Waals surface area contributed by atoms with E-state index in [0.717, 1.165) is 0 Å². The van der Waals surface area contributed by atoms with E-state index in [9.17, 15) is 13.2 Å². The largest absolute Gasteiger partial charge is 0.480 e. The van der Waals surface area contributed by atoms with Gasteiger partial charge in [0.2, 0.25) is 10.0 Å². The molecule has 1 aromatic heterocycles. The van der Waals surface area contributed by atoms with Crippen LogP contribution in [-0.4, -0.2) is 35.3 Å². The van der Waals surface area contributed by atoms with Crippen LogP contribution in [0.25, 0.3) is 0 Å². The third kappa shape index (κ3) is 3.77. The number of aliphatic carboxylic acids is 1. The van der Waals surface area contributed by atoms with Gasteiger partial charge in [0.25, 0.3) is 0 Å². The van der Waals surface area contributed by atoms with E-state index < -0.39 is 22.0 Å². The Bertz CT molecular complexity index is 538. The molecule has 0 bridgehead atoms. The van der Waals surface area contributed by atoms with Crippen LogP contribution in [0, 0.1) is 5.92 Å². The van der Waals surface area contributed by atoms with Gasteiger partial charge in [0.05, 0.1) is 6.20 Å². The summed E-state index contributed by atoms with van der Waals surface area (Å²) < 4.78 is 27.8. The molecular weight excluding hydrogens is 270 g/mol. The standard InChI is InChI=1S/C11H19N3O4S/c1-4-8(3)10(11(15)16)13-19(17,18)9-6-12-14(5-2)7-9/h6-8,10,13H,4-5H2,1-3H3,(H,15,16)/t8-,10-/m0/s1. The Balaban J connectivity index is 2.97. The number of carboxylic acids is 1. The number of hydrogen-bond donors (Lipinski definition) is 2. The van der Waals surface area contributed by atoms with Crippen LogP contribution in [-0.2, 0) is 21.4 Å². The molecular formula is C11H19N3O4S. The quantitative estimate of drug-likeness (QED) is 0.768. The molecule has 0 saturated carbocycles. The third-order valence-corrected chi connectivity index (χ3v) is 4.40. The van der Waals surface area contributed by atoms with Gasteiger partial charge in [-0.15, -0.1) is 0 Å². The van der Waals surface area contributed by atoms with Crippen molar-refractivity contribution in [3.63, 3.8) is 0 Å². The summed E-state index contributed by atoms with van der Waals surface area (Å²) in [6, 6.07) is -1.14. The maximum Gasteiger partial charge on any atom is 0.322 e. The number of carboxylic acid groups (broad SMARTS) is 1. The highest BCUT2D eigenvalue weighted by Crippen LogP contribution is 2.13. The molecule has 0 saturated heterocycles. The number of nitrogens with one attached hydrogen (secondary N) is 1. The Labute approximate surface area is 112 Å². The molecule has 1 rings (SSSR count). The summed E-state index contributed by atoms with van der Waals surface area (Å²) >= 11 is 0. The van der Waals surface area contributed by atoms with Gasteiger partial charge >= 0.3 is 5.97 Å². The van der Waals surface area contributed by atoms with Gasteiger partial charge < -0.3 is 5.11 Å². The highest BCUT2D eigenvalue weighted by Gasteiger charge is 2.29. The second kappa shape index (κ2) is 6.16. The van der Waals surface area contributed by atoms with Crippen LogP contribution in [0.1, 0.15) is 27.2 Å². The highest BCUT2D eigenvalue weighted by atomic mass is 32.2. The Hall–Kier alpha value is -1.41. The van der Waals surface area contributed by atoms with E-state index in [4.69, 9.17) is 5.11 Å². The Morgan fingerprint density at radius 1 is 1.53 bits per heavy atom. The van der Waals surface area contributed by atoms with Gasteiger partial charge in [0.1, 0.15) is 10.9 Å². The average Bonchev–Trinajstić information content (AvgIpc) is 2.84. The molecule has 0 fully saturated rings. The number of nitrogens with zero attached hydrogens (tertiary/aromatic N) is 2. The van der Waals surface area contributed by atoms with E-state index in [1.54, 1.807) is 6.92 Å². The van der Waals surface area contributed by atoms with Crippen molar-refractivity contribution in [2.24, 2.45) is 5.92 Å². The number of sulfonamides is 1. The molecule has 0 aromatic carbocycles. The summed E-state index contributed by atoms with van der Waals surface area (Å²) in [7, 11) is -3.86. The first-order valence-corrected chi connectivity index (χ1v) is 7.57.